The van der Waals surface area contributed by atoms with Crippen molar-refractivity contribution >= 4 is 23.5 Å². The van der Waals surface area contributed by atoms with Gasteiger partial charge in [-0.15, -0.1) is 0 Å². The minimum atomic E-state index is -0.128. The largest absolute Gasteiger partial charge is 0.465 e. The second kappa shape index (κ2) is 13.1. The fraction of sp³-hybridized carbons (Fsp3) is 0.517. The van der Waals surface area contributed by atoms with Gasteiger partial charge in [0.05, 0.1) is 12.5 Å². The molecule has 0 radical (unpaired) electrons. The lowest BCUT2D eigenvalue weighted by atomic mass is 9.81. The standard InChI is InChI=1S/C29H39ClN2O3/c1-21(2)29(34)35-19-5-18-31(3)20-22-6-8-23(9-7-22)24-12-16-27(17-13-24)32(4)28(33)25-10-14-26(30)15-11-25/h6-11,14-15,21,24,27H,5,12-13,16-20H2,1-4H3. The van der Waals surface area contributed by atoms with E-state index in [-0.39, 0.29) is 23.8 Å². The summed E-state index contributed by atoms with van der Waals surface area (Å²) in [6.45, 7) is 5.95. The number of esters is 1. The summed E-state index contributed by atoms with van der Waals surface area (Å²) in [5.41, 5.74) is 3.37. The van der Waals surface area contributed by atoms with Crippen LogP contribution in [0.3, 0.4) is 0 Å². The molecule has 1 aliphatic carbocycles. The molecule has 3 rings (SSSR count). The molecule has 2 aromatic carbocycles. The molecule has 1 saturated carbocycles. The second-order valence-corrected chi connectivity index (χ2v) is 10.5. The van der Waals surface area contributed by atoms with Crippen LogP contribution in [0.15, 0.2) is 48.5 Å². The number of ether oxygens (including phenoxy) is 1. The summed E-state index contributed by atoms with van der Waals surface area (Å²) in [5.74, 6) is 0.417. The van der Waals surface area contributed by atoms with Crippen molar-refractivity contribution in [2.45, 2.75) is 64.5 Å². The number of benzene rings is 2. The Kier molecular flexibility index (Phi) is 10.2. The molecule has 35 heavy (non-hydrogen) atoms. The van der Waals surface area contributed by atoms with Crippen LogP contribution in [-0.2, 0) is 16.1 Å². The first-order valence-electron chi connectivity index (χ1n) is 12.7. The van der Waals surface area contributed by atoms with Crippen molar-refractivity contribution in [3.8, 4) is 0 Å². The molecule has 1 fully saturated rings. The Morgan fingerprint density at radius 3 is 2.20 bits per heavy atom. The third-order valence-corrected chi connectivity index (χ3v) is 7.21. The molecule has 1 amide bonds. The van der Waals surface area contributed by atoms with E-state index in [2.05, 4.69) is 36.2 Å². The smallest absolute Gasteiger partial charge is 0.308 e. The number of halogens is 1. The number of carbonyl (C=O) groups excluding carboxylic acids is 2. The van der Waals surface area contributed by atoms with Crippen LogP contribution in [0.25, 0.3) is 0 Å². The zero-order chi connectivity index (χ0) is 25.4. The number of hydrogen-bond acceptors (Lipinski definition) is 4. The molecule has 0 unspecified atom stereocenters. The molecule has 0 saturated heterocycles. The Labute approximate surface area is 215 Å². The predicted molar refractivity (Wildman–Crippen MR) is 142 cm³/mol. The van der Waals surface area contributed by atoms with E-state index in [9.17, 15) is 9.59 Å². The summed E-state index contributed by atoms with van der Waals surface area (Å²) in [4.78, 5) is 28.5. The van der Waals surface area contributed by atoms with Gasteiger partial charge < -0.3 is 14.5 Å². The van der Waals surface area contributed by atoms with Crippen LogP contribution < -0.4 is 0 Å². The molecule has 6 heteroatoms. The SMILES string of the molecule is CC(C)C(=O)OCCCN(C)Cc1ccc(C2CCC(N(C)C(=O)c3ccc(Cl)cc3)CC2)cc1. The van der Waals surface area contributed by atoms with Crippen molar-refractivity contribution < 1.29 is 14.3 Å². The van der Waals surface area contributed by atoms with E-state index >= 15 is 0 Å². The molecule has 0 spiro atoms. The Morgan fingerprint density at radius 1 is 0.971 bits per heavy atom. The highest BCUT2D eigenvalue weighted by atomic mass is 35.5. The average molecular weight is 499 g/mol. The number of hydrogen-bond donors (Lipinski definition) is 0. The first-order valence-corrected chi connectivity index (χ1v) is 13.1. The molecule has 0 bridgehead atoms. The minimum Gasteiger partial charge on any atom is -0.465 e. The van der Waals surface area contributed by atoms with Gasteiger partial charge in [0.2, 0.25) is 0 Å². The summed E-state index contributed by atoms with van der Waals surface area (Å²) >= 11 is 5.95. The predicted octanol–water partition coefficient (Wildman–Crippen LogP) is 6.16. The number of nitrogens with zero attached hydrogens (tertiary/aromatic N) is 2. The molecule has 0 heterocycles. The quantitative estimate of drug-likeness (QED) is 0.291. The number of rotatable bonds is 10. The van der Waals surface area contributed by atoms with Crippen LogP contribution in [0.2, 0.25) is 5.02 Å². The molecule has 0 aliphatic heterocycles. The van der Waals surface area contributed by atoms with Gasteiger partial charge in [0.1, 0.15) is 0 Å². The monoisotopic (exact) mass is 498 g/mol. The lowest BCUT2D eigenvalue weighted by Gasteiger charge is -2.35. The van der Waals surface area contributed by atoms with Gasteiger partial charge in [-0.05, 0) is 80.5 Å². The third kappa shape index (κ3) is 8.08. The Morgan fingerprint density at radius 2 is 1.60 bits per heavy atom. The molecule has 0 atom stereocenters. The third-order valence-electron chi connectivity index (χ3n) is 6.96. The fourth-order valence-corrected chi connectivity index (χ4v) is 4.84. The van der Waals surface area contributed by atoms with E-state index in [0.717, 1.165) is 45.2 Å². The Bertz CT molecular complexity index is 951. The van der Waals surface area contributed by atoms with Gasteiger partial charge >= 0.3 is 5.97 Å². The van der Waals surface area contributed by atoms with Crippen LogP contribution >= 0.6 is 11.6 Å². The lowest BCUT2D eigenvalue weighted by Crippen LogP contribution is -2.39. The molecule has 5 nitrogen and oxygen atoms in total. The van der Waals surface area contributed by atoms with Crippen LogP contribution in [0.1, 0.15) is 73.4 Å². The molecule has 0 N–H and O–H groups in total. The molecular formula is C29H39ClN2O3. The van der Waals surface area contributed by atoms with E-state index in [1.54, 1.807) is 24.3 Å². The van der Waals surface area contributed by atoms with Gasteiger partial charge in [0, 0.05) is 36.8 Å². The molecule has 1 aliphatic rings. The Balaban J connectivity index is 1.42. The fourth-order valence-electron chi connectivity index (χ4n) is 4.72. The second-order valence-electron chi connectivity index (χ2n) is 10.1. The molecule has 0 aromatic heterocycles. The molecule has 2 aromatic rings. The normalized spacial score (nSPS) is 18.0. The molecular weight excluding hydrogens is 460 g/mol. The highest BCUT2D eigenvalue weighted by Crippen LogP contribution is 2.35. The highest BCUT2D eigenvalue weighted by molar-refractivity contribution is 6.30. The summed E-state index contributed by atoms with van der Waals surface area (Å²) in [7, 11) is 4.02. The summed E-state index contributed by atoms with van der Waals surface area (Å²) in [6, 6.07) is 16.4. The zero-order valence-electron chi connectivity index (χ0n) is 21.5. The van der Waals surface area contributed by atoms with E-state index in [1.165, 1.54) is 11.1 Å². The van der Waals surface area contributed by atoms with Crippen molar-refractivity contribution in [2.75, 3.05) is 27.2 Å². The first-order chi connectivity index (χ1) is 16.7. The van der Waals surface area contributed by atoms with Crippen LogP contribution in [0, 0.1) is 5.92 Å². The highest BCUT2D eigenvalue weighted by Gasteiger charge is 2.27. The van der Waals surface area contributed by atoms with Crippen molar-refractivity contribution in [3.05, 3.63) is 70.2 Å². The maximum Gasteiger partial charge on any atom is 0.308 e. The van der Waals surface area contributed by atoms with Crippen LogP contribution in [0.4, 0.5) is 0 Å². The van der Waals surface area contributed by atoms with Gasteiger partial charge in [0.25, 0.3) is 5.91 Å². The number of amides is 1. The van der Waals surface area contributed by atoms with Gasteiger partial charge in [-0.1, -0.05) is 49.7 Å². The topological polar surface area (TPSA) is 49.9 Å². The van der Waals surface area contributed by atoms with E-state index in [0.29, 0.717) is 23.1 Å². The first kappa shape index (κ1) is 27.2. The van der Waals surface area contributed by atoms with Gasteiger partial charge in [-0.2, -0.15) is 0 Å². The van der Waals surface area contributed by atoms with Crippen molar-refractivity contribution in [1.82, 2.24) is 9.80 Å². The maximum absolute atomic E-state index is 12.8. The zero-order valence-corrected chi connectivity index (χ0v) is 22.3. The van der Waals surface area contributed by atoms with E-state index < -0.39 is 0 Å². The van der Waals surface area contributed by atoms with Gasteiger partial charge in [-0.25, -0.2) is 0 Å². The minimum absolute atomic E-state index is 0.0664. The molecule has 190 valence electrons. The summed E-state index contributed by atoms with van der Waals surface area (Å²) < 4.78 is 5.26. The van der Waals surface area contributed by atoms with Crippen molar-refractivity contribution in [2.24, 2.45) is 5.92 Å². The van der Waals surface area contributed by atoms with Crippen LogP contribution in [-0.4, -0.2) is 55.0 Å². The summed E-state index contributed by atoms with van der Waals surface area (Å²) in [5, 5.41) is 0.645. The van der Waals surface area contributed by atoms with Crippen LogP contribution in [0.5, 0.6) is 0 Å². The van der Waals surface area contributed by atoms with Crippen molar-refractivity contribution in [1.29, 1.82) is 0 Å². The van der Waals surface area contributed by atoms with Crippen molar-refractivity contribution in [3.63, 3.8) is 0 Å². The number of carbonyl (C=O) groups is 2. The Hall–Kier alpha value is -2.37. The maximum atomic E-state index is 12.8. The van der Waals surface area contributed by atoms with E-state index in [4.69, 9.17) is 16.3 Å². The average Bonchev–Trinajstić information content (AvgIpc) is 2.86. The summed E-state index contributed by atoms with van der Waals surface area (Å²) in [6.07, 6.45) is 5.07. The van der Waals surface area contributed by atoms with Gasteiger partial charge in [-0.3, -0.25) is 9.59 Å². The lowest BCUT2D eigenvalue weighted by molar-refractivity contribution is -0.147. The van der Waals surface area contributed by atoms with Gasteiger partial charge in [0.15, 0.2) is 0 Å². The van der Waals surface area contributed by atoms with E-state index in [1.807, 2.05) is 25.8 Å².